The third kappa shape index (κ3) is 8.66. The second-order valence-corrected chi connectivity index (χ2v) is 5.65. The van der Waals surface area contributed by atoms with Crippen molar-refractivity contribution >= 4 is 10.8 Å². The van der Waals surface area contributed by atoms with Crippen LogP contribution in [0.2, 0.25) is 0 Å². The molecule has 0 heterocycles. The normalized spacial score (nSPS) is 14.3. The summed E-state index contributed by atoms with van der Waals surface area (Å²) in [5.41, 5.74) is -0.0411. The van der Waals surface area contributed by atoms with Crippen molar-refractivity contribution in [2.75, 3.05) is 32.2 Å². The molecule has 0 aromatic carbocycles. The summed E-state index contributed by atoms with van der Waals surface area (Å²) in [6.07, 6.45) is 3.73. The first-order valence-corrected chi connectivity index (χ1v) is 6.76. The quantitative estimate of drug-likeness (QED) is 0.625. The molecule has 0 saturated heterocycles. The lowest BCUT2D eigenvalue weighted by molar-refractivity contribution is 0.0159. The number of hydrogen-bond donors (Lipinski definition) is 1. The maximum Gasteiger partial charge on any atom is 0.0634 e. The largest absolute Gasteiger partial charge is 0.379 e. The van der Waals surface area contributed by atoms with Crippen LogP contribution in [0.25, 0.3) is 0 Å². The van der Waals surface area contributed by atoms with Crippen LogP contribution in [-0.2, 0) is 15.5 Å². The third-order valence-electron chi connectivity index (χ3n) is 2.24. The van der Waals surface area contributed by atoms with E-state index < -0.39 is 10.8 Å². The van der Waals surface area contributed by atoms with E-state index in [1.54, 1.807) is 13.4 Å². The molecule has 0 amide bonds. The minimum atomic E-state index is -0.654. The Kier molecular flexibility index (Phi) is 7.41. The van der Waals surface area contributed by atoms with Gasteiger partial charge < -0.3 is 10.1 Å². The van der Waals surface area contributed by atoms with Crippen LogP contribution in [0.1, 0.15) is 26.7 Å². The first kappa shape index (κ1) is 14.1. The number of hydrogen-bond acceptors (Lipinski definition) is 3. The lowest BCUT2D eigenvalue weighted by atomic mass is 10.1. The first-order valence-electron chi connectivity index (χ1n) is 5.04. The van der Waals surface area contributed by atoms with Crippen molar-refractivity contribution in [3.05, 3.63) is 0 Å². The molecule has 1 N–H and O–H groups in total. The molecule has 0 aliphatic heterocycles. The molecule has 0 aromatic heterocycles. The van der Waals surface area contributed by atoms with Crippen molar-refractivity contribution < 1.29 is 8.95 Å². The molecule has 0 radical (unpaired) electrons. The van der Waals surface area contributed by atoms with Crippen molar-refractivity contribution in [3.8, 4) is 0 Å². The van der Waals surface area contributed by atoms with E-state index in [2.05, 4.69) is 19.2 Å². The maximum absolute atomic E-state index is 10.7. The van der Waals surface area contributed by atoms with Crippen LogP contribution >= 0.6 is 0 Å². The number of nitrogens with one attached hydrogen (secondary N) is 1. The van der Waals surface area contributed by atoms with E-state index in [-0.39, 0.29) is 5.60 Å². The molecule has 0 saturated carbocycles. The number of methoxy groups -OCH3 is 1. The molecule has 0 rings (SSSR count). The topological polar surface area (TPSA) is 38.3 Å². The summed E-state index contributed by atoms with van der Waals surface area (Å²) in [6, 6.07) is 0. The average molecular weight is 221 g/mol. The van der Waals surface area contributed by atoms with Crippen molar-refractivity contribution in [1.29, 1.82) is 0 Å². The Balaban J connectivity index is 3.25. The fourth-order valence-corrected chi connectivity index (χ4v) is 1.57. The van der Waals surface area contributed by atoms with Gasteiger partial charge in [0.2, 0.25) is 0 Å². The van der Waals surface area contributed by atoms with Crippen molar-refractivity contribution in [2.45, 2.75) is 32.3 Å². The highest BCUT2D eigenvalue weighted by atomic mass is 32.2. The highest BCUT2D eigenvalue weighted by molar-refractivity contribution is 7.84. The smallest absolute Gasteiger partial charge is 0.0634 e. The van der Waals surface area contributed by atoms with Crippen LogP contribution in [0.15, 0.2) is 0 Å². The van der Waals surface area contributed by atoms with Crippen LogP contribution < -0.4 is 5.32 Å². The van der Waals surface area contributed by atoms with Gasteiger partial charge in [-0.3, -0.25) is 4.21 Å². The van der Waals surface area contributed by atoms with Crippen molar-refractivity contribution in [1.82, 2.24) is 5.32 Å². The van der Waals surface area contributed by atoms with Gasteiger partial charge in [-0.15, -0.1) is 0 Å². The molecule has 4 heteroatoms. The SMILES string of the molecule is COC(C)(C)CCNCCCS(C)=O. The van der Waals surface area contributed by atoms with Gasteiger partial charge in [0, 0.05) is 29.9 Å². The summed E-state index contributed by atoms with van der Waals surface area (Å²) >= 11 is 0. The van der Waals surface area contributed by atoms with Crippen LogP contribution in [0, 0.1) is 0 Å². The Morgan fingerprint density at radius 2 is 2.00 bits per heavy atom. The highest BCUT2D eigenvalue weighted by Crippen LogP contribution is 2.11. The van der Waals surface area contributed by atoms with E-state index in [0.717, 1.165) is 31.7 Å². The van der Waals surface area contributed by atoms with Gasteiger partial charge in [-0.1, -0.05) is 0 Å². The zero-order valence-corrected chi connectivity index (χ0v) is 10.6. The zero-order chi connectivity index (χ0) is 11.0. The van der Waals surface area contributed by atoms with Gasteiger partial charge in [0.25, 0.3) is 0 Å². The number of ether oxygens (including phenoxy) is 1. The molecule has 0 aromatic rings. The first-order chi connectivity index (χ1) is 6.48. The van der Waals surface area contributed by atoms with E-state index >= 15 is 0 Å². The molecule has 0 bridgehead atoms. The fourth-order valence-electron chi connectivity index (χ4n) is 1.02. The van der Waals surface area contributed by atoms with E-state index in [1.165, 1.54) is 0 Å². The molecular weight excluding hydrogens is 198 g/mol. The molecule has 0 fully saturated rings. The summed E-state index contributed by atoms with van der Waals surface area (Å²) in [6.45, 7) is 6.06. The molecule has 1 atom stereocenters. The minimum absolute atomic E-state index is 0.0411. The van der Waals surface area contributed by atoms with Gasteiger partial charge in [-0.25, -0.2) is 0 Å². The van der Waals surface area contributed by atoms with Crippen molar-refractivity contribution in [2.24, 2.45) is 0 Å². The maximum atomic E-state index is 10.7. The van der Waals surface area contributed by atoms with Gasteiger partial charge in [0.1, 0.15) is 0 Å². The summed E-state index contributed by atoms with van der Waals surface area (Å²) in [7, 11) is 1.08. The van der Waals surface area contributed by atoms with E-state index in [0.29, 0.717) is 0 Å². The summed E-state index contributed by atoms with van der Waals surface area (Å²) < 4.78 is 16.0. The van der Waals surface area contributed by atoms with Crippen LogP contribution in [0.4, 0.5) is 0 Å². The molecule has 0 aliphatic rings. The fraction of sp³-hybridized carbons (Fsp3) is 1.00. The van der Waals surface area contributed by atoms with Gasteiger partial charge in [-0.2, -0.15) is 0 Å². The Labute approximate surface area is 90.1 Å². The Bertz CT molecular complexity index is 172. The Hall–Kier alpha value is 0.0700. The number of rotatable bonds is 8. The van der Waals surface area contributed by atoms with Crippen LogP contribution in [0.5, 0.6) is 0 Å². The monoisotopic (exact) mass is 221 g/mol. The Morgan fingerprint density at radius 1 is 1.36 bits per heavy atom. The Morgan fingerprint density at radius 3 is 2.50 bits per heavy atom. The molecule has 1 unspecified atom stereocenters. The average Bonchev–Trinajstić information content (AvgIpc) is 2.10. The predicted molar refractivity (Wildman–Crippen MR) is 62.1 cm³/mol. The second kappa shape index (κ2) is 7.37. The van der Waals surface area contributed by atoms with Gasteiger partial charge >= 0.3 is 0 Å². The lowest BCUT2D eigenvalue weighted by Gasteiger charge is -2.22. The second-order valence-electron chi connectivity index (χ2n) is 4.09. The summed E-state index contributed by atoms with van der Waals surface area (Å²) in [5, 5.41) is 3.32. The zero-order valence-electron chi connectivity index (χ0n) is 9.76. The molecule has 0 aliphatic carbocycles. The van der Waals surface area contributed by atoms with E-state index in [4.69, 9.17) is 4.74 Å². The minimum Gasteiger partial charge on any atom is -0.379 e. The van der Waals surface area contributed by atoms with E-state index in [9.17, 15) is 4.21 Å². The van der Waals surface area contributed by atoms with Crippen molar-refractivity contribution in [3.63, 3.8) is 0 Å². The van der Waals surface area contributed by atoms with Gasteiger partial charge in [0.05, 0.1) is 5.60 Å². The molecule has 0 spiro atoms. The van der Waals surface area contributed by atoms with E-state index in [1.807, 2.05) is 0 Å². The standard InChI is InChI=1S/C10H23NO2S/c1-10(2,13-3)6-8-11-7-5-9-14(4)12/h11H,5-9H2,1-4H3. The molecule has 14 heavy (non-hydrogen) atoms. The third-order valence-corrected chi connectivity index (χ3v) is 3.11. The molecular formula is C10H23NO2S. The van der Waals surface area contributed by atoms with Gasteiger partial charge in [-0.05, 0) is 39.8 Å². The molecule has 3 nitrogen and oxygen atoms in total. The highest BCUT2D eigenvalue weighted by Gasteiger charge is 2.14. The van der Waals surface area contributed by atoms with Crippen LogP contribution in [0.3, 0.4) is 0 Å². The lowest BCUT2D eigenvalue weighted by Crippen LogP contribution is -2.29. The summed E-state index contributed by atoms with van der Waals surface area (Å²) in [4.78, 5) is 0. The van der Waals surface area contributed by atoms with Gasteiger partial charge in [0.15, 0.2) is 0 Å². The predicted octanol–water partition coefficient (Wildman–Crippen LogP) is 1.16. The molecule has 86 valence electrons. The van der Waals surface area contributed by atoms with Crippen LogP contribution in [-0.4, -0.2) is 42.0 Å². The summed E-state index contributed by atoms with van der Waals surface area (Å²) in [5.74, 6) is 0.792.